The lowest BCUT2D eigenvalue weighted by atomic mass is 9.87. The van der Waals surface area contributed by atoms with Crippen LogP contribution in [-0.4, -0.2) is 43.7 Å². The summed E-state index contributed by atoms with van der Waals surface area (Å²) in [6.45, 7) is 10.9. The maximum Gasteiger partial charge on any atom is 0.321 e. The van der Waals surface area contributed by atoms with Crippen LogP contribution in [0.2, 0.25) is 0 Å². The van der Waals surface area contributed by atoms with Gasteiger partial charge in [0.15, 0.2) is 0 Å². The lowest BCUT2D eigenvalue weighted by Gasteiger charge is -2.32. The highest BCUT2D eigenvalue weighted by molar-refractivity contribution is 7.90. The molecule has 1 heterocycles. The number of amides is 2. The Morgan fingerprint density at radius 2 is 1.65 bits per heavy atom. The smallest absolute Gasteiger partial charge is 0.321 e. The first kappa shape index (κ1) is 20.7. The summed E-state index contributed by atoms with van der Waals surface area (Å²) in [4.78, 5) is 14.2. The number of benzene rings is 1. The Hall–Kier alpha value is -1.60. The normalized spacial score (nSPS) is 16.8. The van der Waals surface area contributed by atoms with Gasteiger partial charge in [0.25, 0.3) is 0 Å². The van der Waals surface area contributed by atoms with Crippen LogP contribution in [0.25, 0.3) is 0 Å². The number of carbonyl (C=O) groups is 1. The number of anilines is 1. The van der Waals surface area contributed by atoms with Crippen LogP contribution < -0.4 is 10.0 Å². The van der Waals surface area contributed by atoms with Crippen molar-refractivity contribution >= 4 is 21.7 Å². The molecule has 0 radical (unpaired) electrons. The number of urea groups is 1. The predicted octanol–water partition coefficient (Wildman–Crippen LogP) is 3.31. The van der Waals surface area contributed by atoms with Crippen molar-refractivity contribution in [3.63, 3.8) is 0 Å². The average Bonchev–Trinajstić information content (AvgIpc) is 2.54. The van der Waals surface area contributed by atoms with Gasteiger partial charge < -0.3 is 10.2 Å². The molecule has 2 N–H and O–H groups in total. The van der Waals surface area contributed by atoms with E-state index in [1.807, 2.05) is 24.3 Å². The predicted molar refractivity (Wildman–Crippen MR) is 106 cm³/mol. The van der Waals surface area contributed by atoms with Crippen molar-refractivity contribution in [1.82, 2.24) is 9.62 Å². The molecule has 1 aromatic rings. The molecule has 0 unspecified atom stereocenters. The summed E-state index contributed by atoms with van der Waals surface area (Å²) >= 11 is 0. The van der Waals surface area contributed by atoms with E-state index in [1.165, 1.54) is 5.56 Å². The lowest BCUT2D eigenvalue weighted by molar-refractivity contribution is 0.193. The molecular formula is C19H31N3O3S. The molecule has 2 rings (SSSR count). The van der Waals surface area contributed by atoms with Crippen molar-refractivity contribution in [2.24, 2.45) is 0 Å². The summed E-state index contributed by atoms with van der Waals surface area (Å²) in [5.74, 6) is 0. The number of hydrogen-bond acceptors (Lipinski definition) is 3. The first-order valence-corrected chi connectivity index (χ1v) is 10.7. The molecule has 0 aromatic heterocycles. The molecule has 1 fully saturated rings. The molecule has 6 nitrogen and oxygen atoms in total. The van der Waals surface area contributed by atoms with E-state index in [1.54, 1.807) is 18.7 Å². The van der Waals surface area contributed by atoms with Gasteiger partial charge in [-0.1, -0.05) is 32.9 Å². The van der Waals surface area contributed by atoms with E-state index >= 15 is 0 Å². The second-order valence-electron chi connectivity index (χ2n) is 8.23. The zero-order chi connectivity index (χ0) is 19.5. The van der Waals surface area contributed by atoms with E-state index < -0.39 is 15.3 Å². The van der Waals surface area contributed by atoms with Gasteiger partial charge in [0.2, 0.25) is 10.0 Å². The summed E-state index contributed by atoms with van der Waals surface area (Å²) < 4.78 is 26.6. The van der Waals surface area contributed by atoms with E-state index in [9.17, 15) is 13.2 Å². The summed E-state index contributed by atoms with van der Waals surface area (Å²) in [6, 6.07) is 7.66. The van der Waals surface area contributed by atoms with E-state index in [2.05, 4.69) is 30.8 Å². The molecule has 0 atom stereocenters. The number of sulfonamides is 1. The van der Waals surface area contributed by atoms with Gasteiger partial charge >= 0.3 is 6.03 Å². The monoisotopic (exact) mass is 381 g/mol. The van der Waals surface area contributed by atoms with Gasteiger partial charge in [-0.25, -0.2) is 17.9 Å². The van der Waals surface area contributed by atoms with Crippen molar-refractivity contribution in [1.29, 1.82) is 0 Å². The molecule has 1 saturated heterocycles. The van der Waals surface area contributed by atoms with Crippen molar-refractivity contribution in [2.75, 3.05) is 18.4 Å². The highest BCUT2D eigenvalue weighted by atomic mass is 32.2. The maximum absolute atomic E-state index is 12.4. The Labute approximate surface area is 157 Å². The first-order valence-electron chi connectivity index (χ1n) is 9.16. The van der Waals surface area contributed by atoms with Crippen molar-refractivity contribution in [3.8, 4) is 0 Å². The standard InChI is InChI=1S/C19H31N3O3S/c1-14(2)26(24,25)21-17-10-12-22(13-11-17)18(23)20-16-8-6-15(7-9-16)19(3,4)5/h6-9,14,17,21H,10-13H2,1-5H3,(H,20,23). The number of likely N-dealkylation sites (tertiary alicyclic amines) is 1. The SMILES string of the molecule is CC(C)S(=O)(=O)NC1CCN(C(=O)Nc2ccc(C(C)(C)C)cc2)CC1. The molecule has 2 amide bonds. The van der Waals surface area contributed by atoms with Crippen LogP contribution in [-0.2, 0) is 15.4 Å². The minimum Gasteiger partial charge on any atom is -0.324 e. The summed E-state index contributed by atoms with van der Waals surface area (Å²) in [5, 5.41) is 2.48. The molecule has 26 heavy (non-hydrogen) atoms. The Balaban J connectivity index is 1.87. The number of hydrogen-bond donors (Lipinski definition) is 2. The van der Waals surface area contributed by atoms with Gasteiger partial charge in [-0.2, -0.15) is 0 Å². The summed E-state index contributed by atoms with van der Waals surface area (Å²) in [7, 11) is -3.27. The Bertz CT molecular complexity index is 713. The number of carbonyl (C=O) groups excluding carboxylic acids is 1. The van der Waals surface area contributed by atoms with Crippen molar-refractivity contribution in [3.05, 3.63) is 29.8 Å². The number of piperidine rings is 1. The Morgan fingerprint density at radius 1 is 1.12 bits per heavy atom. The Morgan fingerprint density at radius 3 is 2.12 bits per heavy atom. The van der Waals surface area contributed by atoms with Crippen molar-refractivity contribution < 1.29 is 13.2 Å². The first-order chi connectivity index (χ1) is 12.0. The molecule has 7 heteroatoms. The van der Waals surface area contributed by atoms with Gasteiger partial charge in [-0.05, 0) is 49.8 Å². The van der Waals surface area contributed by atoms with Crippen LogP contribution in [0.1, 0.15) is 53.0 Å². The Kier molecular flexibility index (Phi) is 6.34. The zero-order valence-electron chi connectivity index (χ0n) is 16.4. The molecule has 0 spiro atoms. The van der Waals surface area contributed by atoms with E-state index in [4.69, 9.17) is 0 Å². The van der Waals surface area contributed by atoms with Gasteiger partial charge in [-0.3, -0.25) is 0 Å². The highest BCUT2D eigenvalue weighted by Crippen LogP contribution is 2.23. The minimum absolute atomic E-state index is 0.0771. The van der Waals surface area contributed by atoms with Crippen LogP contribution in [0.15, 0.2) is 24.3 Å². The second-order valence-corrected chi connectivity index (χ2v) is 10.5. The summed E-state index contributed by atoms with van der Waals surface area (Å²) in [6.07, 6.45) is 1.25. The highest BCUT2D eigenvalue weighted by Gasteiger charge is 2.27. The van der Waals surface area contributed by atoms with Gasteiger partial charge in [0.05, 0.1) is 5.25 Å². The van der Waals surface area contributed by atoms with Gasteiger partial charge in [0, 0.05) is 24.8 Å². The topological polar surface area (TPSA) is 78.5 Å². The van der Waals surface area contributed by atoms with E-state index in [-0.39, 0.29) is 17.5 Å². The van der Waals surface area contributed by atoms with E-state index in [0.29, 0.717) is 25.9 Å². The number of rotatable bonds is 4. The molecule has 1 aliphatic rings. The fourth-order valence-corrected chi connectivity index (χ4v) is 3.80. The van der Waals surface area contributed by atoms with Crippen LogP contribution in [0, 0.1) is 0 Å². The molecule has 0 saturated carbocycles. The fraction of sp³-hybridized carbons (Fsp3) is 0.632. The maximum atomic E-state index is 12.4. The minimum atomic E-state index is -3.27. The third kappa shape index (κ3) is 5.45. The second kappa shape index (κ2) is 7.96. The molecule has 0 bridgehead atoms. The number of nitrogens with one attached hydrogen (secondary N) is 2. The van der Waals surface area contributed by atoms with Crippen LogP contribution >= 0.6 is 0 Å². The third-order valence-electron chi connectivity index (χ3n) is 4.74. The molecule has 0 aliphatic carbocycles. The zero-order valence-corrected chi connectivity index (χ0v) is 17.2. The van der Waals surface area contributed by atoms with E-state index in [0.717, 1.165) is 5.69 Å². The van der Waals surface area contributed by atoms with Crippen LogP contribution in [0.5, 0.6) is 0 Å². The van der Waals surface area contributed by atoms with Gasteiger partial charge in [-0.15, -0.1) is 0 Å². The van der Waals surface area contributed by atoms with Crippen molar-refractivity contribution in [2.45, 2.75) is 64.2 Å². The molecule has 1 aliphatic heterocycles. The number of nitrogens with zero attached hydrogens (tertiary/aromatic N) is 1. The molecular weight excluding hydrogens is 350 g/mol. The fourth-order valence-electron chi connectivity index (χ4n) is 2.82. The molecule has 1 aromatic carbocycles. The van der Waals surface area contributed by atoms with Gasteiger partial charge in [0.1, 0.15) is 0 Å². The largest absolute Gasteiger partial charge is 0.324 e. The lowest BCUT2D eigenvalue weighted by Crippen LogP contribution is -2.48. The quantitative estimate of drug-likeness (QED) is 0.840. The van der Waals surface area contributed by atoms with Crippen LogP contribution in [0.3, 0.4) is 0 Å². The summed E-state index contributed by atoms with van der Waals surface area (Å²) in [5.41, 5.74) is 2.06. The molecule has 146 valence electrons. The average molecular weight is 382 g/mol. The van der Waals surface area contributed by atoms with Crippen LogP contribution in [0.4, 0.5) is 10.5 Å². The third-order valence-corrected chi connectivity index (χ3v) is 6.64.